The van der Waals surface area contributed by atoms with Crippen molar-refractivity contribution in [2.75, 3.05) is 39.3 Å². The summed E-state index contributed by atoms with van der Waals surface area (Å²) in [5.74, 6) is 0.0257. The van der Waals surface area contributed by atoms with E-state index >= 15 is 0 Å². The molecule has 0 aliphatic carbocycles. The molecule has 0 saturated carbocycles. The number of nitrogens with one attached hydrogen (secondary N) is 2. The Kier molecular flexibility index (Phi) is 6.49. The zero-order valence-corrected chi connectivity index (χ0v) is 13.9. The minimum Gasteiger partial charge on any atom is -0.354 e. The van der Waals surface area contributed by atoms with Gasteiger partial charge in [-0.1, -0.05) is 6.92 Å². The van der Waals surface area contributed by atoms with Gasteiger partial charge in [-0.05, 0) is 39.2 Å². The number of likely N-dealkylation sites (N-methyl/N-ethyl adjacent to an activating group) is 1. The van der Waals surface area contributed by atoms with E-state index in [-0.39, 0.29) is 23.9 Å². The molecule has 0 radical (unpaired) electrons. The van der Waals surface area contributed by atoms with E-state index in [0.717, 1.165) is 51.9 Å². The van der Waals surface area contributed by atoms with E-state index in [9.17, 15) is 9.59 Å². The lowest BCUT2D eigenvalue weighted by Gasteiger charge is -2.34. The highest BCUT2D eigenvalue weighted by atomic mass is 16.2. The molecule has 2 aliphatic rings. The van der Waals surface area contributed by atoms with Gasteiger partial charge >= 0.3 is 6.03 Å². The second-order valence-corrected chi connectivity index (χ2v) is 6.47. The lowest BCUT2D eigenvalue weighted by Crippen LogP contribution is -2.50. The predicted octanol–water partition coefficient (Wildman–Crippen LogP) is 1.03. The number of hydrogen-bond acceptors (Lipinski definition) is 3. The summed E-state index contributed by atoms with van der Waals surface area (Å²) in [7, 11) is 0. The Balaban J connectivity index is 1.79. The molecule has 2 N–H and O–H groups in total. The van der Waals surface area contributed by atoms with Gasteiger partial charge in [-0.2, -0.15) is 0 Å². The molecular formula is C16H30N4O2. The summed E-state index contributed by atoms with van der Waals surface area (Å²) in [6, 6.07) is 0.399. The lowest BCUT2D eigenvalue weighted by atomic mass is 9.97. The van der Waals surface area contributed by atoms with E-state index in [0.29, 0.717) is 13.1 Å². The molecule has 3 amide bonds. The topological polar surface area (TPSA) is 64.7 Å². The number of carbonyl (C=O) groups is 2. The SMILES string of the molecule is CCN[C@H](C)CNC(=O)C1CCCN(C(=O)N2CCCC2)C1. The van der Waals surface area contributed by atoms with E-state index in [4.69, 9.17) is 0 Å². The number of hydrogen-bond donors (Lipinski definition) is 2. The van der Waals surface area contributed by atoms with Crippen LogP contribution >= 0.6 is 0 Å². The van der Waals surface area contributed by atoms with Crippen LogP contribution in [0.4, 0.5) is 4.79 Å². The Hall–Kier alpha value is -1.30. The molecule has 0 bridgehead atoms. The fraction of sp³-hybridized carbons (Fsp3) is 0.875. The summed E-state index contributed by atoms with van der Waals surface area (Å²) in [4.78, 5) is 28.5. The Bertz CT molecular complexity index is 382. The predicted molar refractivity (Wildman–Crippen MR) is 86.6 cm³/mol. The lowest BCUT2D eigenvalue weighted by molar-refractivity contribution is -0.126. The third kappa shape index (κ3) is 4.60. The van der Waals surface area contributed by atoms with Gasteiger partial charge in [-0.25, -0.2) is 4.79 Å². The molecule has 6 heteroatoms. The molecule has 126 valence electrons. The van der Waals surface area contributed by atoms with Crippen molar-refractivity contribution in [2.24, 2.45) is 5.92 Å². The number of urea groups is 1. The molecule has 6 nitrogen and oxygen atoms in total. The molecule has 1 unspecified atom stereocenters. The molecule has 0 aromatic heterocycles. The second-order valence-electron chi connectivity index (χ2n) is 6.47. The second kappa shape index (κ2) is 8.36. The van der Waals surface area contributed by atoms with Crippen molar-refractivity contribution in [3.8, 4) is 0 Å². The standard InChI is InChI=1S/C16H30N4O2/c1-3-17-13(2)11-18-15(21)14-7-6-10-20(12-14)16(22)19-8-4-5-9-19/h13-14,17H,3-12H2,1-2H3,(H,18,21)/t13-,14?/m1/s1. The molecular weight excluding hydrogens is 280 g/mol. The van der Waals surface area contributed by atoms with Gasteiger partial charge in [-0.3, -0.25) is 4.79 Å². The first-order valence-corrected chi connectivity index (χ1v) is 8.66. The van der Waals surface area contributed by atoms with E-state index in [1.54, 1.807) is 0 Å². The highest BCUT2D eigenvalue weighted by molar-refractivity contribution is 5.81. The summed E-state index contributed by atoms with van der Waals surface area (Å²) in [5.41, 5.74) is 0. The number of rotatable bonds is 5. The van der Waals surface area contributed by atoms with Crippen LogP contribution in [0.5, 0.6) is 0 Å². The van der Waals surface area contributed by atoms with Crippen LogP contribution in [0.1, 0.15) is 39.5 Å². The minimum absolute atomic E-state index is 0.0610. The maximum absolute atomic E-state index is 12.4. The molecule has 2 saturated heterocycles. The molecule has 2 rings (SSSR count). The zero-order valence-electron chi connectivity index (χ0n) is 13.9. The van der Waals surface area contributed by atoms with Gasteiger partial charge < -0.3 is 20.4 Å². The summed E-state index contributed by atoms with van der Waals surface area (Å²) in [5, 5.41) is 6.29. The normalized spacial score (nSPS) is 23.5. The van der Waals surface area contributed by atoms with Gasteiger partial charge in [0, 0.05) is 38.8 Å². The number of amides is 3. The maximum atomic E-state index is 12.4. The molecule has 22 heavy (non-hydrogen) atoms. The van der Waals surface area contributed by atoms with Crippen molar-refractivity contribution in [1.82, 2.24) is 20.4 Å². The molecule has 2 fully saturated rings. The third-order valence-corrected chi connectivity index (χ3v) is 4.57. The summed E-state index contributed by atoms with van der Waals surface area (Å²) >= 11 is 0. The van der Waals surface area contributed by atoms with Crippen molar-refractivity contribution in [3.63, 3.8) is 0 Å². The first-order valence-electron chi connectivity index (χ1n) is 8.66. The largest absolute Gasteiger partial charge is 0.354 e. The number of piperidine rings is 1. The number of nitrogens with zero attached hydrogens (tertiary/aromatic N) is 2. The van der Waals surface area contributed by atoms with Crippen LogP contribution in [0.2, 0.25) is 0 Å². The maximum Gasteiger partial charge on any atom is 0.320 e. The molecule has 0 spiro atoms. The van der Waals surface area contributed by atoms with Crippen LogP contribution in [0.3, 0.4) is 0 Å². The Morgan fingerprint density at radius 1 is 1.14 bits per heavy atom. The Morgan fingerprint density at radius 2 is 1.82 bits per heavy atom. The average molecular weight is 310 g/mol. The van der Waals surface area contributed by atoms with Crippen LogP contribution in [0.25, 0.3) is 0 Å². The van der Waals surface area contributed by atoms with Gasteiger partial charge in [0.1, 0.15) is 0 Å². The number of likely N-dealkylation sites (tertiary alicyclic amines) is 2. The Morgan fingerprint density at radius 3 is 2.50 bits per heavy atom. The van der Waals surface area contributed by atoms with Gasteiger partial charge in [0.15, 0.2) is 0 Å². The highest BCUT2D eigenvalue weighted by Gasteiger charge is 2.31. The zero-order chi connectivity index (χ0) is 15.9. The van der Waals surface area contributed by atoms with Gasteiger partial charge in [0.05, 0.1) is 5.92 Å². The van der Waals surface area contributed by atoms with Gasteiger partial charge in [0.2, 0.25) is 5.91 Å². The first kappa shape index (κ1) is 17.1. The van der Waals surface area contributed by atoms with Gasteiger partial charge in [-0.15, -0.1) is 0 Å². The van der Waals surface area contributed by atoms with E-state index in [2.05, 4.69) is 24.5 Å². The minimum atomic E-state index is -0.0610. The monoisotopic (exact) mass is 310 g/mol. The fourth-order valence-electron chi connectivity index (χ4n) is 3.29. The molecule has 0 aromatic rings. The summed E-state index contributed by atoms with van der Waals surface area (Å²) in [6.45, 7) is 8.75. The highest BCUT2D eigenvalue weighted by Crippen LogP contribution is 2.19. The van der Waals surface area contributed by atoms with E-state index in [1.165, 1.54) is 0 Å². The van der Waals surface area contributed by atoms with Crippen molar-refractivity contribution < 1.29 is 9.59 Å². The van der Waals surface area contributed by atoms with E-state index in [1.807, 2.05) is 9.80 Å². The van der Waals surface area contributed by atoms with Crippen LogP contribution in [0, 0.1) is 5.92 Å². The van der Waals surface area contributed by atoms with E-state index < -0.39 is 0 Å². The van der Waals surface area contributed by atoms with Crippen molar-refractivity contribution in [1.29, 1.82) is 0 Å². The van der Waals surface area contributed by atoms with Crippen molar-refractivity contribution >= 4 is 11.9 Å². The third-order valence-electron chi connectivity index (χ3n) is 4.57. The fourth-order valence-corrected chi connectivity index (χ4v) is 3.29. The van der Waals surface area contributed by atoms with Crippen molar-refractivity contribution in [3.05, 3.63) is 0 Å². The first-order chi connectivity index (χ1) is 10.6. The number of carbonyl (C=O) groups excluding carboxylic acids is 2. The van der Waals surface area contributed by atoms with Crippen molar-refractivity contribution in [2.45, 2.75) is 45.6 Å². The molecule has 2 aliphatic heterocycles. The van der Waals surface area contributed by atoms with Crippen LogP contribution in [0.15, 0.2) is 0 Å². The molecule has 2 atom stereocenters. The molecule has 0 aromatic carbocycles. The van der Waals surface area contributed by atoms with Crippen LogP contribution < -0.4 is 10.6 Å². The summed E-state index contributed by atoms with van der Waals surface area (Å²) < 4.78 is 0. The van der Waals surface area contributed by atoms with Gasteiger partial charge in [0.25, 0.3) is 0 Å². The smallest absolute Gasteiger partial charge is 0.320 e. The molecule has 2 heterocycles. The average Bonchev–Trinajstić information content (AvgIpc) is 3.06. The van der Waals surface area contributed by atoms with Crippen LogP contribution in [-0.2, 0) is 4.79 Å². The quantitative estimate of drug-likeness (QED) is 0.797. The van der Waals surface area contributed by atoms with Crippen LogP contribution in [-0.4, -0.2) is 67.0 Å². The Labute approximate surface area is 133 Å². The summed E-state index contributed by atoms with van der Waals surface area (Å²) in [6.07, 6.45) is 4.00.